The van der Waals surface area contributed by atoms with Crippen LogP contribution in [-0.2, 0) is 11.2 Å². The van der Waals surface area contributed by atoms with Crippen molar-refractivity contribution in [3.63, 3.8) is 0 Å². The molecule has 0 saturated carbocycles. The van der Waals surface area contributed by atoms with Crippen molar-refractivity contribution in [3.8, 4) is 0 Å². The summed E-state index contributed by atoms with van der Waals surface area (Å²) in [7, 11) is 0. The summed E-state index contributed by atoms with van der Waals surface area (Å²) in [6.07, 6.45) is 2.93. The molecule has 1 aliphatic heterocycles. The number of nitrogens with one attached hydrogen (secondary N) is 2. The number of amides is 1. The SMILES string of the molecule is CCc1ccc(N[C@H]2NC(=O)/C(=C/c3cccc(Br)c3)S2)cc1. The fourth-order valence-corrected chi connectivity index (χ4v) is 3.70. The summed E-state index contributed by atoms with van der Waals surface area (Å²) >= 11 is 4.94. The van der Waals surface area contributed by atoms with E-state index < -0.39 is 0 Å². The minimum atomic E-state index is -0.145. The number of rotatable bonds is 4. The summed E-state index contributed by atoms with van der Waals surface area (Å²) in [6, 6.07) is 16.2. The molecule has 0 radical (unpaired) electrons. The standard InChI is InChI=1S/C18H17BrN2OS/c1-2-12-6-8-15(9-7-12)20-18-21-17(22)16(23-18)11-13-4-3-5-14(19)10-13/h3-11,18,20H,2H2,1H3,(H,21,22)/b16-11-/t18-/m0/s1. The number of carbonyl (C=O) groups is 1. The summed E-state index contributed by atoms with van der Waals surface area (Å²) in [5.41, 5.74) is 3.16. The summed E-state index contributed by atoms with van der Waals surface area (Å²) in [4.78, 5) is 12.8. The Morgan fingerprint density at radius 1 is 1.26 bits per heavy atom. The first-order chi connectivity index (χ1) is 11.1. The van der Waals surface area contributed by atoms with Crippen molar-refractivity contribution in [2.45, 2.75) is 18.8 Å². The Bertz CT molecular complexity index is 743. The van der Waals surface area contributed by atoms with E-state index in [1.54, 1.807) is 0 Å². The Hall–Kier alpha value is -1.72. The maximum Gasteiger partial charge on any atom is 0.260 e. The second-order valence-corrected chi connectivity index (χ2v) is 7.29. The van der Waals surface area contributed by atoms with Crippen LogP contribution in [0.1, 0.15) is 18.1 Å². The number of carbonyl (C=O) groups excluding carboxylic acids is 1. The predicted octanol–water partition coefficient (Wildman–Crippen LogP) is 4.61. The Morgan fingerprint density at radius 3 is 2.74 bits per heavy atom. The molecule has 0 aromatic heterocycles. The minimum absolute atomic E-state index is 0.0438. The Balaban J connectivity index is 1.69. The lowest BCUT2D eigenvalue weighted by molar-refractivity contribution is -0.116. The quantitative estimate of drug-likeness (QED) is 0.751. The van der Waals surface area contributed by atoms with Gasteiger partial charge in [0.15, 0.2) is 5.50 Å². The Morgan fingerprint density at radius 2 is 2.04 bits per heavy atom. The van der Waals surface area contributed by atoms with Crippen LogP contribution in [0, 0.1) is 0 Å². The van der Waals surface area contributed by atoms with Crippen LogP contribution in [0.3, 0.4) is 0 Å². The van der Waals surface area contributed by atoms with Crippen molar-refractivity contribution in [3.05, 3.63) is 69.0 Å². The second kappa shape index (κ2) is 7.23. The van der Waals surface area contributed by atoms with Crippen molar-refractivity contribution in [2.24, 2.45) is 0 Å². The maximum atomic E-state index is 12.1. The molecule has 118 valence electrons. The molecule has 2 aromatic carbocycles. The highest BCUT2D eigenvalue weighted by Crippen LogP contribution is 2.30. The van der Waals surface area contributed by atoms with E-state index in [2.05, 4.69) is 45.6 Å². The molecular weight excluding hydrogens is 372 g/mol. The third-order valence-electron chi connectivity index (χ3n) is 3.54. The van der Waals surface area contributed by atoms with Gasteiger partial charge in [-0.15, -0.1) is 0 Å². The molecule has 0 aliphatic carbocycles. The Kier molecular flexibility index (Phi) is 5.08. The van der Waals surface area contributed by atoms with E-state index in [1.165, 1.54) is 17.3 Å². The van der Waals surface area contributed by atoms with Gasteiger partial charge in [-0.1, -0.05) is 58.9 Å². The summed E-state index contributed by atoms with van der Waals surface area (Å²) in [5.74, 6) is -0.0438. The van der Waals surface area contributed by atoms with Crippen LogP contribution < -0.4 is 10.6 Å². The molecule has 1 heterocycles. The summed E-state index contributed by atoms with van der Waals surface area (Å²) in [6.45, 7) is 2.13. The summed E-state index contributed by atoms with van der Waals surface area (Å²) in [5, 5.41) is 6.28. The van der Waals surface area contributed by atoms with Gasteiger partial charge in [0, 0.05) is 10.2 Å². The van der Waals surface area contributed by atoms with Crippen molar-refractivity contribution in [1.29, 1.82) is 0 Å². The number of benzene rings is 2. The van der Waals surface area contributed by atoms with Gasteiger partial charge < -0.3 is 10.6 Å². The molecule has 2 aromatic rings. The van der Waals surface area contributed by atoms with Gasteiger partial charge >= 0.3 is 0 Å². The monoisotopic (exact) mass is 388 g/mol. The molecule has 1 amide bonds. The first-order valence-electron chi connectivity index (χ1n) is 7.44. The number of thioether (sulfide) groups is 1. The third-order valence-corrected chi connectivity index (χ3v) is 5.06. The molecule has 0 spiro atoms. The van der Waals surface area contributed by atoms with Crippen LogP contribution in [0.4, 0.5) is 5.69 Å². The molecule has 0 unspecified atom stereocenters. The van der Waals surface area contributed by atoms with E-state index >= 15 is 0 Å². The molecule has 1 saturated heterocycles. The van der Waals surface area contributed by atoms with E-state index in [-0.39, 0.29) is 11.4 Å². The van der Waals surface area contributed by atoms with Gasteiger partial charge in [0.1, 0.15) is 0 Å². The van der Waals surface area contributed by atoms with Crippen molar-refractivity contribution < 1.29 is 4.79 Å². The smallest absolute Gasteiger partial charge is 0.260 e. The topological polar surface area (TPSA) is 41.1 Å². The van der Waals surface area contributed by atoms with E-state index in [0.29, 0.717) is 4.91 Å². The molecule has 3 nitrogen and oxygen atoms in total. The number of hydrogen-bond acceptors (Lipinski definition) is 3. The zero-order chi connectivity index (χ0) is 16.2. The average Bonchev–Trinajstić information content (AvgIpc) is 2.87. The van der Waals surface area contributed by atoms with E-state index in [9.17, 15) is 4.79 Å². The largest absolute Gasteiger partial charge is 0.357 e. The highest BCUT2D eigenvalue weighted by atomic mass is 79.9. The van der Waals surface area contributed by atoms with Gasteiger partial charge in [-0.05, 0) is 47.9 Å². The number of halogens is 1. The van der Waals surface area contributed by atoms with Crippen LogP contribution in [0.2, 0.25) is 0 Å². The van der Waals surface area contributed by atoms with Gasteiger partial charge in [-0.25, -0.2) is 0 Å². The lowest BCUT2D eigenvalue weighted by Gasteiger charge is -2.12. The van der Waals surface area contributed by atoms with Crippen LogP contribution >= 0.6 is 27.7 Å². The molecular formula is C18H17BrN2OS. The van der Waals surface area contributed by atoms with Crippen LogP contribution in [0.5, 0.6) is 0 Å². The van der Waals surface area contributed by atoms with Crippen LogP contribution in [0.15, 0.2) is 57.9 Å². The second-order valence-electron chi connectivity index (χ2n) is 5.23. The molecule has 1 aliphatic rings. The molecule has 5 heteroatoms. The molecule has 23 heavy (non-hydrogen) atoms. The molecule has 3 rings (SSSR count). The van der Waals surface area contributed by atoms with Crippen LogP contribution in [-0.4, -0.2) is 11.4 Å². The number of anilines is 1. The zero-order valence-electron chi connectivity index (χ0n) is 12.7. The first-order valence-corrected chi connectivity index (χ1v) is 9.11. The lowest BCUT2D eigenvalue weighted by atomic mass is 10.1. The number of hydrogen-bond donors (Lipinski definition) is 2. The maximum absolute atomic E-state index is 12.1. The van der Waals surface area contributed by atoms with E-state index in [1.807, 2.05) is 42.5 Å². The van der Waals surface area contributed by atoms with Gasteiger partial charge in [-0.2, -0.15) is 0 Å². The van der Waals surface area contributed by atoms with Crippen molar-refractivity contribution in [1.82, 2.24) is 5.32 Å². The fourth-order valence-electron chi connectivity index (χ4n) is 2.30. The van der Waals surface area contributed by atoms with E-state index in [4.69, 9.17) is 0 Å². The Labute approximate surface area is 148 Å². The van der Waals surface area contributed by atoms with Gasteiger partial charge in [0.05, 0.1) is 4.91 Å². The van der Waals surface area contributed by atoms with Gasteiger partial charge in [-0.3, -0.25) is 4.79 Å². The number of aryl methyl sites for hydroxylation is 1. The first kappa shape index (κ1) is 16.1. The van der Waals surface area contributed by atoms with Gasteiger partial charge in [0.2, 0.25) is 0 Å². The average molecular weight is 389 g/mol. The lowest BCUT2D eigenvalue weighted by Crippen LogP contribution is -2.30. The molecule has 0 bridgehead atoms. The predicted molar refractivity (Wildman–Crippen MR) is 101 cm³/mol. The zero-order valence-corrected chi connectivity index (χ0v) is 15.1. The fraction of sp³-hybridized carbons (Fsp3) is 0.167. The minimum Gasteiger partial charge on any atom is -0.357 e. The summed E-state index contributed by atoms with van der Waals surface area (Å²) < 4.78 is 1.00. The molecule has 1 fully saturated rings. The molecule has 1 atom stereocenters. The highest BCUT2D eigenvalue weighted by molar-refractivity contribution is 9.10. The normalized spacial score (nSPS) is 19.0. The molecule has 2 N–H and O–H groups in total. The van der Waals surface area contributed by atoms with E-state index in [0.717, 1.165) is 22.1 Å². The highest BCUT2D eigenvalue weighted by Gasteiger charge is 2.27. The van der Waals surface area contributed by atoms with Crippen molar-refractivity contribution >= 4 is 45.4 Å². The third kappa shape index (κ3) is 4.18. The van der Waals surface area contributed by atoms with Gasteiger partial charge in [0.25, 0.3) is 5.91 Å². The van der Waals surface area contributed by atoms with Crippen LogP contribution in [0.25, 0.3) is 6.08 Å². The van der Waals surface area contributed by atoms with Crippen molar-refractivity contribution in [2.75, 3.05) is 5.32 Å².